The number of alkyl halides is 2. The summed E-state index contributed by atoms with van der Waals surface area (Å²) in [4.78, 5) is 0. The second-order valence-corrected chi connectivity index (χ2v) is 5.21. The van der Waals surface area contributed by atoms with Crippen molar-refractivity contribution < 1.29 is 4.39 Å². The fourth-order valence-corrected chi connectivity index (χ4v) is 2.37. The van der Waals surface area contributed by atoms with Crippen molar-refractivity contribution in [3.63, 3.8) is 0 Å². The standard InChI is InChI=1S/C14H10Cl3F/c15-11-5-1-9(2-6-11)13(14(17)18)10-3-7-12(16)8-4-10/h1-8,13-14H. The van der Waals surface area contributed by atoms with E-state index in [1.807, 2.05) is 0 Å². The molecule has 0 nitrogen and oxygen atoms in total. The van der Waals surface area contributed by atoms with Gasteiger partial charge in [-0.05, 0) is 35.4 Å². The van der Waals surface area contributed by atoms with Gasteiger partial charge in [0.2, 0.25) is 0 Å². The lowest BCUT2D eigenvalue weighted by molar-refractivity contribution is 0.409. The SMILES string of the molecule is FC(Cl)C(c1ccc(Cl)cc1)c1ccc(Cl)cc1. The number of hydrogen-bond donors (Lipinski definition) is 0. The third kappa shape index (κ3) is 3.17. The maximum atomic E-state index is 13.6. The van der Waals surface area contributed by atoms with E-state index in [0.29, 0.717) is 10.0 Å². The van der Waals surface area contributed by atoms with E-state index >= 15 is 0 Å². The summed E-state index contributed by atoms with van der Waals surface area (Å²) in [5, 5.41) is 1.22. The van der Waals surface area contributed by atoms with Gasteiger partial charge in [-0.25, -0.2) is 4.39 Å². The van der Waals surface area contributed by atoms with Gasteiger partial charge in [0.05, 0.1) is 5.92 Å². The van der Waals surface area contributed by atoms with Crippen LogP contribution in [0.1, 0.15) is 17.0 Å². The Morgan fingerprint density at radius 2 is 1.06 bits per heavy atom. The minimum Gasteiger partial charge on any atom is -0.229 e. The van der Waals surface area contributed by atoms with Crippen molar-refractivity contribution in [1.82, 2.24) is 0 Å². The van der Waals surface area contributed by atoms with Crippen LogP contribution in [0.3, 0.4) is 0 Å². The summed E-state index contributed by atoms with van der Waals surface area (Å²) in [6, 6.07) is 14.0. The molecule has 2 aromatic carbocycles. The molecule has 1 unspecified atom stereocenters. The lowest BCUT2D eigenvalue weighted by Gasteiger charge is -2.18. The third-order valence-corrected chi connectivity index (χ3v) is 3.47. The molecule has 0 radical (unpaired) electrons. The minimum absolute atomic E-state index is 0.527. The van der Waals surface area contributed by atoms with E-state index in [9.17, 15) is 4.39 Å². The Labute approximate surface area is 120 Å². The first-order chi connectivity index (χ1) is 8.58. The number of hydrogen-bond acceptors (Lipinski definition) is 0. The molecule has 18 heavy (non-hydrogen) atoms. The Bertz CT molecular complexity index is 460. The molecule has 0 aromatic heterocycles. The lowest BCUT2D eigenvalue weighted by Crippen LogP contribution is -2.09. The highest BCUT2D eigenvalue weighted by atomic mass is 35.5. The van der Waals surface area contributed by atoms with Crippen molar-refractivity contribution in [2.45, 2.75) is 11.5 Å². The molecular weight excluding hydrogens is 294 g/mol. The van der Waals surface area contributed by atoms with Crippen LogP contribution in [0.25, 0.3) is 0 Å². The highest BCUT2D eigenvalue weighted by molar-refractivity contribution is 6.30. The minimum atomic E-state index is -1.51. The maximum absolute atomic E-state index is 13.6. The molecule has 0 aliphatic heterocycles. The zero-order valence-electron chi connectivity index (χ0n) is 9.29. The topological polar surface area (TPSA) is 0 Å². The molecule has 0 saturated carbocycles. The average molecular weight is 304 g/mol. The molecule has 0 aliphatic carbocycles. The molecule has 0 amide bonds. The molecule has 94 valence electrons. The number of rotatable bonds is 3. The van der Waals surface area contributed by atoms with Gasteiger partial charge in [-0.2, -0.15) is 0 Å². The largest absolute Gasteiger partial charge is 0.229 e. The third-order valence-electron chi connectivity index (χ3n) is 2.71. The predicted molar refractivity (Wildman–Crippen MR) is 75.5 cm³/mol. The molecule has 0 bridgehead atoms. The Morgan fingerprint density at radius 1 is 0.722 bits per heavy atom. The summed E-state index contributed by atoms with van der Waals surface area (Å²) < 4.78 is 13.6. The van der Waals surface area contributed by atoms with Crippen molar-refractivity contribution in [1.29, 1.82) is 0 Å². The molecule has 1 atom stereocenters. The van der Waals surface area contributed by atoms with E-state index in [-0.39, 0.29) is 0 Å². The molecule has 0 N–H and O–H groups in total. The first kappa shape index (κ1) is 13.7. The summed E-state index contributed by atoms with van der Waals surface area (Å²) in [5.41, 5.74) is 0.0563. The summed E-state index contributed by atoms with van der Waals surface area (Å²) in [6.07, 6.45) is 0. The highest BCUT2D eigenvalue weighted by Crippen LogP contribution is 2.33. The number of halogens is 4. The van der Waals surface area contributed by atoms with Crippen LogP contribution in [0.5, 0.6) is 0 Å². The molecule has 0 heterocycles. The van der Waals surface area contributed by atoms with E-state index in [1.165, 1.54) is 0 Å². The summed E-state index contributed by atoms with van der Waals surface area (Å²) >= 11 is 17.3. The van der Waals surface area contributed by atoms with Crippen LogP contribution < -0.4 is 0 Å². The van der Waals surface area contributed by atoms with Crippen molar-refractivity contribution in [3.8, 4) is 0 Å². The first-order valence-electron chi connectivity index (χ1n) is 5.37. The Hall–Kier alpha value is -0.760. The average Bonchev–Trinajstić information content (AvgIpc) is 2.34. The molecular formula is C14H10Cl3F. The van der Waals surface area contributed by atoms with Crippen LogP contribution >= 0.6 is 34.8 Å². The van der Waals surface area contributed by atoms with Crippen molar-refractivity contribution in [3.05, 3.63) is 69.7 Å². The van der Waals surface area contributed by atoms with E-state index in [1.54, 1.807) is 48.5 Å². The van der Waals surface area contributed by atoms with Crippen LogP contribution in [-0.2, 0) is 0 Å². The van der Waals surface area contributed by atoms with Gasteiger partial charge in [0.15, 0.2) is 5.63 Å². The summed E-state index contributed by atoms with van der Waals surface area (Å²) in [5.74, 6) is -0.527. The fraction of sp³-hybridized carbons (Fsp3) is 0.143. The Kier molecular flexibility index (Phi) is 4.50. The van der Waals surface area contributed by atoms with Gasteiger partial charge in [-0.1, -0.05) is 59.1 Å². The summed E-state index contributed by atoms with van der Waals surface area (Å²) in [6.45, 7) is 0. The van der Waals surface area contributed by atoms with Crippen molar-refractivity contribution in [2.24, 2.45) is 0 Å². The summed E-state index contributed by atoms with van der Waals surface area (Å²) in [7, 11) is 0. The second kappa shape index (κ2) is 5.92. The molecule has 4 heteroatoms. The van der Waals surface area contributed by atoms with Gasteiger partial charge in [-0.3, -0.25) is 0 Å². The Balaban J connectivity index is 2.39. The van der Waals surface area contributed by atoms with Gasteiger partial charge in [0.25, 0.3) is 0 Å². The molecule has 2 rings (SSSR count). The van der Waals surface area contributed by atoms with Crippen LogP contribution in [0.15, 0.2) is 48.5 Å². The molecule has 0 aliphatic rings. The zero-order chi connectivity index (χ0) is 13.1. The van der Waals surface area contributed by atoms with Gasteiger partial charge in [0.1, 0.15) is 0 Å². The van der Waals surface area contributed by atoms with Crippen molar-refractivity contribution in [2.75, 3.05) is 0 Å². The molecule has 0 spiro atoms. The van der Waals surface area contributed by atoms with Crippen molar-refractivity contribution >= 4 is 34.8 Å². The van der Waals surface area contributed by atoms with E-state index in [0.717, 1.165) is 11.1 Å². The molecule has 2 aromatic rings. The monoisotopic (exact) mass is 302 g/mol. The number of benzene rings is 2. The van der Waals surface area contributed by atoms with Gasteiger partial charge >= 0.3 is 0 Å². The lowest BCUT2D eigenvalue weighted by atomic mass is 9.92. The quantitative estimate of drug-likeness (QED) is 0.642. The van der Waals surface area contributed by atoms with Crippen LogP contribution in [-0.4, -0.2) is 5.63 Å². The maximum Gasteiger partial charge on any atom is 0.184 e. The van der Waals surface area contributed by atoms with Gasteiger partial charge < -0.3 is 0 Å². The fourth-order valence-electron chi connectivity index (χ4n) is 1.82. The van der Waals surface area contributed by atoms with E-state index in [2.05, 4.69) is 0 Å². The first-order valence-corrected chi connectivity index (χ1v) is 6.56. The molecule has 0 saturated heterocycles. The van der Waals surface area contributed by atoms with Gasteiger partial charge in [0, 0.05) is 10.0 Å². The zero-order valence-corrected chi connectivity index (χ0v) is 11.6. The molecule has 0 fully saturated rings. The predicted octanol–water partition coefficient (Wildman–Crippen LogP) is 5.66. The van der Waals surface area contributed by atoms with E-state index in [4.69, 9.17) is 34.8 Å². The Morgan fingerprint density at radius 3 is 1.33 bits per heavy atom. The smallest absolute Gasteiger partial charge is 0.184 e. The van der Waals surface area contributed by atoms with E-state index < -0.39 is 11.5 Å². The second-order valence-electron chi connectivity index (χ2n) is 3.92. The normalized spacial score (nSPS) is 12.7. The van der Waals surface area contributed by atoms with Gasteiger partial charge in [-0.15, -0.1) is 0 Å². The highest BCUT2D eigenvalue weighted by Gasteiger charge is 2.22. The van der Waals surface area contributed by atoms with Crippen LogP contribution in [0.2, 0.25) is 10.0 Å². The van der Waals surface area contributed by atoms with Crippen LogP contribution in [0, 0.1) is 0 Å². The van der Waals surface area contributed by atoms with Crippen LogP contribution in [0.4, 0.5) is 4.39 Å².